The molecule has 0 bridgehead atoms. The molecule has 6 rings (SSSR count). The zero-order chi connectivity index (χ0) is 59.0. The fraction of sp³-hybridized carbons (Fsp3) is 0.438. The normalized spacial score (nSPS) is 15.9. The van der Waals surface area contributed by atoms with E-state index >= 15 is 0 Å². The molecule has 0 aliphatic heterocycles. The average Bonchev–Trinajstić information content (AvgIpc) is 3.66. The summed E-state index contributed by atoms with van der Waals surface area (Å²) < 4.78 is 53.2. The first-order valence-corrected chi connectivity index (χ1v) is 45.8. The van der Waals surface area contributed by atoms with Crippen molar-refractivity contribution in [3.8, 4) is 0 Å². The molecule has 6 aromatic carbocycles. The van der Waals surface area contributed by atoms with Crippen LogP contribution in [0.3, 0.4) is 0 Å². The molecule has 0 heterocycles. The zero-order valence-corrected chi connectivity index (χ0v) is 57.3. The molecular weight excluding hydrogens is 1130 g/mol. The van der Waals surface area contributed by atoms with Gasteiger partial charge in [-0.1, -0.05) is 109 Å². The Morgan fingerprint density at radius 1 is 0.241 bits per heavy atom. The van der Waals surface area contributed by atoms with Crippen molar-refractivity contribution in [3.05, 3.63) is 182 Å². The number of anilines is 6. The van der Waals surface area contributed by atoms with Crippen LogP contribution in [0.5, 0.6) is 0 Å². The predicted molar refractivity (Wildman–Crippen MR) is 365 cm³/mol. The van der Waals surface area contributed by atoms with E-state index < -0.39 is 51.4 Å². The maximum Gasteiger partial charge on any atom is 0.326 e. The van der Waals surface area contributed by atoms with E-state index in [1.54, 1.807) is 0 Å². The van der Waals surface area contributed by atoms with Crippen molar-refractivity contribution in [2.24, 2.45) is 0 Å². The minimum atomic E-state index is -3.25. The van der Waals surface area contributed by atoms with Crippen LogP contribution >= 0.6 is 0 Å². The summed E-state index contributed by atoms with van der Waals surface area (Å²) in [5.74, 6) is 0. The molecule has 0 saturated heterocycles. The van der Waals surface area contributed by atoms with Crippen LogP contribution in [-0.4, -0.2) is 104 Å². The first kappa shape index (κ1) is 67.3. The van der Waals surface area contributed by atoms with E-state index in [9.17, 15) is 0 Å². The molecule has 0 amide bonds. The molecule has 0 fully saturated rings. The van der Waals surface area contributed by atoms with Gasteiger partial charge in [-0.3, -0.25) is 0 Å². The Labute approximate surface area is 506 Å². The van der Waals surface area contributed by atoms with Crippen molar-refractivity contribution in [3.63, 3.8) is 0 Å². The summed E-state index contributed by atoms with van der Waals surface area (Å²) >= 11 is 0. The maximum absolute atomic E-state index is 8.10. The van der Waals surface area contributed by atoms with Gasteiger partial charge in [-0.2, -0.15) is 0 Å². The summed E-state index contributed by atoms with van der Waals surface area (Å²) in [5, 5.41) is 22.0. The number of para-hydroxylation sites is 6. The standard InChI is InChI=1S/C64H100N6O7Si6/c1-9-71-78(3,53-29-47-65-59-35-17-11-18-36-59)73-80(5,55-31-49-67-61-39-21-13-22-40-61)75-82(7,57-33-51-69-63-43-25-15-26-44-63)77-83(8,58-34-52-70-64-45-27-16-28-46-64)76-81(6,56-32-50-68-62-41-23-14-24-42-62)74-79(4,72-10-2)54-30-48-66-60-37-19-12-20-38-60/h11-28,35-46,65-70H,9-10,29-34,47-58H2,1-8H3. The SMILES string of the molecule is CCO[Si](C)(CCCNc1ccccc1)O[Si](C)(CCCNc1ccccc1)O[Si](C)(CCCNc1ccccc1)O[Si](C)(CCCNc1ccccc1)O[Si](C)(CCCNc1ccccc1)O[Si](C)(CCCNc1ccccc1)OCC. The lowest BCUT2D eigenvalue weighted by Crippen LogP contribution is -2.64. The van der Waals surface area contributed by atoms with Crippen molar-refractivity contribution in [2.45, 2.75) is 128 Å². The van der Waals surface area contributed by atoms with E-state index in [0.717, 1.165) is 148 Å². The topological polar surface area (TPSA) is 137 Å². The molecule has 13 nitrogen and oxygen atoms in total. The fourth-order valence-electron chi connectivity index (χ4n) is 10.9. The highest BCUT2D eigenvalue weighted by atomic mass is 28.5. The highest BCUT2D eigenvalue weighted by Crippen LogP contribution is 2.37. The Balaban J connectivity index is 1.35. The van der Waals surface area contributed by atoms with Crippen molar-refractivity contribution in [1.82, 2.24) is 0 Å². The van der Waals surface area contributed by atoms with Crippen LogP contribution in [0.1, 0.15) is 52.4 Å². The molecule has 6 unspecified atom stereocenters. The predicted octanol–water partition coefficient (Wildman–Crippen LogP) is 16.6. The number of hydrogen-bond donors (Lipinski definition) is 6. The lowest BCUT2D eigenvalue weighted by atomic mass is 10.3. The van der Waals surface area contributed by atoms with Crippen molar-refractivity contribution >= 4 is 85.5 Å². The molecule has 452 valence electrons. The van der Waals surface area contributed by atoms with Gasteiger partial charge in [0, 0.05) is 86.6 Å². The molecule has 6 atom stereocenters. The Kier molecular flexibility index (Phi) is 28.8. The molecule has 83 heavy (non-hydrogen) atoms. The van der Waals surface area contributed by atoms with Gasteiger partial charge in [-0.25, -0.2) is 0 Å². The Morgan fingerprint density at radius 3 is 0.566 bits per heavy atom. The third-order valence-electron chi connectivity index (χ3n) is 14.5. The van der Waals surface area contributed by atoms with Crippen LogP contribution in [0.4, 0.5) is 34.1 Å². The van der Waals surface area contributed by atoms with E-state index in [1.807, 2.05) is 12.1 Å². The molecule has 6 N–H and O–H groups in total. The van der Waals surface area contributed by atoms with Gasteiger partial charge < -0.3 is 61.3 Å². The van der Waals surface area contributed by atoms with Crippen molar-refractivity contribution in [2.75, 3.05) is 84.4 Å². The summed E-state index contributed by atoms with van der Waals surface area (Å²) in [6.45, 7) is 23.7. The van der Waals surface area contributed by atoms with Gasteiger partial charge in [0.25, 0.3) is 0 Å². The van der Waals surface area contributed by atoms with Gasteiger partial charge in [0.2, 0.25) is 0 Å². The molecule has 0 radical (unpaired) electrons. The third kappa shape index (κ3) is 26.1. The molecule has 0 aliphatic rings. The van der Waals surface area contributed by atoms with E-state index in [4.69, 9.17) is 29.4 Å². The maximum atomic E-state index is 8.10. The monoisotopic (exact) mass is 1230 g/mol. The van der Waals surface area contributed by atoms with Crippen LogP contribution in [0.25, 0.3) is 0 Å². The smallest absolute Gasteiger partial charge is 0.326 e. The van der Waals surface area contributed by atoms with E-state index in [2.05, 4.69) is 255 Å². The number of nitrogens with one attached hydrogen (secondary N) is 6. The van der Waals surface area contributed by atoms with Crippen molar-refractivity contribution in [1.29, 1.82) is 0 Å². The lowest BCUT2D eigenvalue weighted by Gasteiger charge is -2.47. The third-order valence-corrected chi connectivity index (χ3v) is 41.2. The van der Waals surface area contributed by atoms with E-state index in [1.165, 1.54) is 0 Å². The molecule has 6 aromatic rings. The van der Waals surface area contributed by atoms with Crippen LogP contribution in [-0.2, 0) is 29.4 Å². The molecule has 0 spiro atoms. The zero-order valence-electron chi connectivity index (χ0n) is 51.3. The van der Waals surface area contributed by atoms with Gasteiger partial charge in [-0.15, -0.1) is 0 Å². The van der Waals surface area contributed by atoms with Gasteiger partial charge >= 0.3 is 51.4 Å². The second kappa shape index (κ2) is 35.6. The van der Waals surface area contributed by atoms with E-state index in [0.29, 0.717) is 13.2 Å². The molecular formula is C64H100N6O7Si6. The van der Waals surface area contributed by atoms with Gasteiger partial charge in [0.05, 0.1) is 0 Å². The molecule has 0 aliphatic carbocycles. The summed E-state index contributed by atoms with van der Waals surface area (Å²) in [6, 6.07) is 67.3. The van der Waals surface area contributed by atoms with Crippen LogP contribution < -0.4 is 31.9 Å². The minimum absolute atomic E-state index is 0.568. The quantitative estimate of drug-likeness (QED) is 0.0160. The van der Waals surface area contributed by atoms with E-state index in [-0.39, 0.29) is 0 Å². The molecule has 0 aromatic heterocycles. The van der Waals surface area contributed by atoms with Gasteiger partial charge in [0.15, 0.2) is 0 Å². The number of hydrogen-bond acceptors (Lipinski definition) is 13. The summed E-state index contributed by atoms with van der Waals surface area (Å²) in [7, 11) is -18.4. The summed E-state index contributed by atoms with van der Waals surface area (Å²) in [5.41, 5.74) is 6.62. The summed E-state index contributed by atoms with van der Waals surface area (Å²) in [4.78, 5) is 0. The highest BCUT2D eigenvalue weighted by molar-refractivity contribution is 6.91. The van der Waals surface area contributed by atoms with Crippen LogP contribution in [0.2, 0.25) is 75.5 Å². The largest absolute Gasteiger partial charge is 0.416 e. The van der Waals surface area contributed by atoms with Gasteiger partial charge in [0.1, 0.15) is 0 Å². The summed E-state index contributed by atoms with van der Waals surface area (Å²) in [6.07, 6.45) is 5.20. The van der Waals surface area contributed by atoms with Crippen LogP contribution in [0.15, 0.2) is 182 Å². The number of benzene rings is 6. The first-order chi connectivity index (χ1) is 40.1. The Hall–Kier alpha value is -4.86. The second-order valence-electron chi connectivity index (χ2n) is 22.6. The number of rotatable bonds is 44. The van der Waals surface area contributed by atoms with Crippen molar-refractivity contribution < 1.29 is 29.4 Å². The minimum Gasteiger partial charge on any atom is -0.416 e. The lowest BCUT2D eigenvalue weighted by molar-refractivity contribution is 0.211. The second-order valence-corrected chi connectivity index (χ2v) is 43.8. The fourth-order valence-corrected chi connectivity index (χ4v) is 42.3. The highest BCUT2D eigenvalue weighted by Gasteiger charge is 2.54. The molecule has 19 heteroatoms. The Bertz CT molecular complexity index is 2470. The average molecular weight is 1230 g/mol. The van der Waals surface area contributed by atoms with Gasteiger partial charge in [-0.05, 0) is 201 Å². The molecule has 0 saturated carbocycles. The Morgan fingerprint density at radius 2 is 0.398 bits per heavy atom. The van der Waals surface area contributed by atoms with Crippen LogP contribution in [0, 0.1) is 0 Å². The first-order valence-electron chi connectivity index (χ1n) is 30.6.